The molecule has 180 valence electrons. The van der Waals surface area contributed by atoms with E-state index in [0.717, 1.165) is 22.5 Å². The molecule has 0 spiro atoms. The Kier molecular flexibility index (Phi) is 7.20. The lowest BCUT2D eigenvalue weighted by Crippen LogP contribution is -2.22. The summed E-state index contributed by atoms with van der Waals surface area (Å²) in [6.07, 6.45) is 1.66. The quantitative estimate of drug-likeness (QED) is 0.252. The number of carbonyl (C=O) groups excluding carboxylic acids is 1. The maximum atomic E-state index is 13.5. The molecule has 0 atom stereocenters. The van der Waals surface area contributed by atoms with E-state index in [4.69, 9.17) is 9.47 Å². The Morgan fingerprint density at radius 2 is 1.85 bits per heavy atom. The van der Waals surface area contributed by atoms with Crippen molar-refractivity contribution in [1.29, 1.82) is 0 Å². The van der Waals surface area contributed by atoms with Gasteiger partial charge < -0.3 is 14.0 Å². The molecule has 2 aromatic heterocycles. The maximum Gasteiger partial charge on any atom is 0.354 e. The molecule has 33 heavy (non-hydrogen) atoms. The molecule has 0 N–H and O–H groups in total. The van der Waals surface area contributed by atoms with Crippen LogP contribution in [0.15, 0.2) is 34.2 Å². The number of benzene rings is 1. The summed E-state index contributed by atoms with van der Waals surface area (Å²) in [4.78, 5) is 12.5. The second kappa shape index (κ2) is 9.44. The van der Waals surface area contributed by atoms with Gasteiger partial charge in [0.15, 0.2) is 0 Å². The van der Waals surface area contributed by atoms with E-state index >= 15 is 0 Å². The number of esters is 1. The van der Waals surface area contributed by atoms with Crippen LogP contribution in [0.1, 0.15) is 28.7 Å². The first-order chi connectivity index (χ1) is 15.4. The first kappa shape index (κ1) is 25.2. The lowest BCUT2D eigenvalue weighted by Gasteiger charge is -2.15. The summed E-state index contributed by atoms with van der Waals surface area (Å²) in [6.45, 7) is 13.4. The standard InChI is InChI=1S/C23H33N3O5SSi/c1-8-31-23(27)20-13-21(17(3)25(20)4)32(28,29)19-11-16(2)22-18(12-19)14-24-26(22)15-30-9-10-33(5,6)7/h11-14H,8-10,15H2,1-7H3. The topological polar surface area (TPSA) is 92.4 Å². The summed E-state index contributed by atoms with van der Waals surface area (Å²) < 4.78 is 41.2. The minimum absolute atomic E-state index is 0.0916. The zero-order valence-corrected chi connectivity index (χ0v) is 22.2. The number of hydrogen-bond acceptors (Lipinski definition) is 6. The molecule has 1 aromatic carbocycles. The highest BCUT2D eigenvalue weighted by atomic mass is 32.2. The molecule has 0 aliphatic heterocycles. The van der Waals surface area contributed by atoms with Gasteiger partial charge >= 0.3 is 5.97 Å². The highest BCUT2D eigenvalue weighted by Crippen LogP contribution is 2.30. The van der Waals surface area contributed by atoms with Crippen molar-refractivity contribution >= 4 is 34.8 Å². The van der Waals surface area contributed by atoms with Crippen molar-refractivity contribution in [2.45, 2.75) is 63.0 Å². The molecule has 0 saturated carbocycles. The SMILES string of the molecule is CCOC(=O)c1cc(S(=O)(=O)c2cc(C)c3c(cnn3COCC[Si](C)(C)C)c2)c(C)n1C. The van der Waals surface area contributed by atoms with E-state index in [1.54, 1.807) is 48.5 Å². The predicted molar refractivity (Wildman–Crippen MR) is 130 cm³/mol. The summed E-state index contributed by atoms with van der Waals surface area (Å²) >= 11 is 0. The highest BCUT2D eigenvalue weighted by Gasteiger charge is 2.27. The van der Waals surface area contributed by atoms with Crippen molar-refractivity contribution in [2.24, 2.45) is 7.05 Å². The fraction of sp³-hybridized carbons (Fsp3) is 0.478. The number of nitrogens with zero attached hydrogens (tertiary/aromatic N) is 3. The van der Waals surface area contributed by atoms with Crippen LogP contribution in [0.3, 0.4) is 0 Å². The van der Waals surface area contributed by atoms with Gasteiger partial charge in [0.25, 0.3) is 0 Å². The number of rotatable bonds is 9. The number of sulfone groups is 1. The summed E-state index contributed by atoms with van der Waals surface area (Å²) in [7, 11) is -3.38. The van der Waals surface area contributed by atoms with E-state index in [1.807, 2.05) is 6.92 Å². The summed E-state index contributed by atoms with van der Waals surface area (Å²) in [5.74, 6) is -0.549. The Balaban J connectivity index is 1.93. The fourth-order valence-corrected chi connectivity index (χ4v) is 6.08. The van der Waals surface area contributed by atoms with Crippen LogP contribution in [-0.2, 0) is 33.1 Å². The van der Waals surface area contributed by atoms with Crippen molar-refractivity contribution in [3.8, 4) is 0 Å². The van der Waals surface area contributed by atoms with Crippen molar-refractivity contribution in [1.82, 2.24) is 14.3 Å². The second-order valence-corrected chi connectivity index (χ2v) is 17.0. The molecule has 3 rings (SSSR count). The van der Waals surface area contributed by atoms with E-state index < -0.39 is 23.9 Å². The first-order valence-corrected chi connectivity index (χ1v) is 16.2. The normalized spacial score (nSPS) is 12.5. The zero-order chi connectivity index (χ0) is 24.6. The minimum atomic E-state index is -3.85. The van der Waals surface area contributed by atoms with Crippen LogP contribution in [0.25, 0.3) is 10.9 Å². The van der Waals surface area contributed by atoms with Gasteiger partial charge in [0.05, 0.1) is 28.1 Å². The van der Waals surface area contributed by atoms with Gasteiger partial charge in [-0.1, -0.05) is 19.6 Å². The van der Waals surface area contributed by atoms with Crippen LogP contribution in [0.4, 0.5) is 0 Å². The lowest BCUT2D eigenvalue weighted by molar-refractivity contribution is 0.0515. The third kappa shape index (κ3) is 5.23. The van der Waals surface area contributed by atoms with Crippen molar-refractivity contribution in [2.75, 3.05) is 13.2 Å². The van der Waals surface area contributed by atoms with E-state index in [1.165, 1.54) is 6.07 Å². The van der Waals surface area contributed by atoms with E-state index in [0.29, 0.717) is 19.0 Å². The average Bonchev–Trinajstić information content (AvgIpc) is 3.27. The average molecular weight is 492 g/mol. The molecular weight excluding hydrogens is 458 g/mol. The first-order valence-electron chi connectivity index (χ1n) is 11.0. The van der Waals surface area contributed by atoms with Crippen LogP contribution in [0.5, 0.6) is 0 Å². The van der Waals surface area contributed by atoms with Crippen LogP contribution in [-0.4, -0.2) is 50.0 Å². The molecule has 0 bridgehead atoms. The van der Waals surface area contributed by atoms with Gasteiger partial charge in [-0.05, 0) is 50.6 Å². The molecule has 2 heterocycles. The number of hydrogen-bond donors (Lipinski definition) is 0. The molecule has 0 aliphatic rings. The zero-order valence-electron chi connectivity index (χ0n) is 20.4. The molecule has 10 heteroatoms. The van der Waals surface area contributed by atoms with Crippen LogP contribution in [0, 0.1) is 13.8 Å². The Morgan fingerprint density at radius 1 is 1.15 bits per heavy atom. The molecule has 0 saturated heterocycles. The van der Waals surface area contributed by atoms with Gasteiger partial charge in [0.2, 0.25) is 9.84 Å². The van der Waals surface area contributed by atoms with Gasteiger partial charge in [0, 0.05) is 32.8 Å². The third-order valence-electron chi connectivity index (χ3n) is 5.68. The van der Waals surface area contributed by atoms with Crippen molar-refractivity contribution in [3.63, 3.8) is 0 Å². The minimum Gasteiger partial charge on any atom is -0.461 e. The Labute approximate surface area is 196 Å². The van der Waals surface area contributed by atoms with Crippen molar-refractivity contribution < 1.29 is 22.7 Å². The van der Waals surface area contributed by atoms with Gasteiger partial charge in [-0.25, -0.2) is 17.9 Å². The van der Waals surface area contributed by atoms with Crippen LogP contribution >= 0.6 is 0 Å². The van der Waals surface area contributed by atoms with Gasteiger partial charge in [-0.2, -0.15) is 5.10 Å². The number of aromatic nitrogens is 3. The molecule has 0 fully saturated rings. The maximum absolute atomic E-state index is 13.5. The monoisotopic (exact) mass is 491 g/mol. The number of aryl methyl sites for hydroxylation is 1. The van der Waals surface area contributed by atoms with E-state index in [2.05, 4.69) is 24.7 Å². The second-order valence-electron chi connectivity index (χ2n) is 9.43. The summed E-state index contributed by atoms with van der Waals surface area (Å²) in [6, 6.07) is 5.73. The van der Waals surface area contributed by atoms with E-state index in [9.17, 15) is 13.2 Å². The van der Waals surface area contributed by atoms with Crippen LogP contribution in [0.2, 0.25) is 25.7 Å². The summed E-state index contributed by atoms with van der Waals surface area (Å²) in [5, 5.41) is 5.13. The fourth-order valence-electron chi connectivity index (χ4n) is 3.67. The summed E-state index contributed by atoms with van der Waals surface area (Å²) in [5.41, 5.74) is 2.31. The largest absolute Gasteiger partial charge is 0.461 e. The number of ether oxygens (including phenoxy) is 2. The number of fused-ring (bicyclic) bond motifs is 1. The predicted octanol–water partition coefficient (Wildman–Crippen LogP) is 4.31. The molecule has 8 nitrogen and oxygen atoms in total. The third-order valence-corrected chi connectivity index (χ3v) is 9.23. The Morgan fingerprint density at radius 3 is 2.48 bits per heavy atom. The Bertz CT molecular complexity index is 1290. The molecule has 0 unspecified atom stereocenters. The highest BCUT2D eigenvalue weighted by molar-refractivity contribution is 7.91. The Hall–Kier alpha value is -2.43. The van der Waals surface area contributed by atoms with Gasteiger partial charge in [-0.3, -0.25) is 0 Å². The number of carbonyl (C=O) groups is 1. The molecule has 0 aliphatic carbocycles. The van der Waals surface area contributed by atoms with Crippen LogP contribution < -0.4 is 0 Å². The van der Waals surface area contributed by atoms with E-state index in [-0.39, 0.29) is 22.1 Å². The molecule has 3 aromatic rings. The smallest absolute Gasteiger partial charge is 0.354 e. The van der Waals surface area contributed by atoms with Crippen molar-refractivity contribution in [3.05, 3.63) is 41.3 Å². The molecular formula is C23H33N3O5SSi. The van der Waals surface area contributed by atoms with Gasteiger partial charge in [-0.15, -0.1) is 0 Å². The molecule has 0 amide bonds. The molecule has 0 radical (unpaired) electrons. The lowest BCUT2D eigenvalue weighted by atomic mass is 10.2. The van der Waals surface area contributed by atoms with Gasteiger partial charge in [0.1, 0.15) is 12.4 Å².